The number of esters is 1. The van der Waals surface area contributed by atoms with Gasteiger partial charge in [0.1, 0.15) is 6.04 Å². The SMILES string of the molecule is CCCCCCCC(=O)N[C@@H](Cc1ccccc1)C(=O)OCC(F)(F)F. The zero-order valence-electron chi connectivity index (χ0n) is 15.0. The molecule has 1 amide bonds. The van der Waals surface area contributed by atoms with E-state index < -0.39 is 24.8 Å². The minimum absolute atomic E-state index is 0.0824. The third-order valence-corrected chi connectivity index (χ3v) is 3.79. The standard InChI is InChI=1S/C19H26F3NO3/c1-2-3-4-5-9-12-17(24)23-16(13-15-10-7-6-8-11-15)18(25)26-14-19(20,21)22/h6-8,10-11,16H,2-5,9,12-14H2,1H3,(H,23,24)/t16-/m0/s1. The molecule has 0 spiro atoms. The molecule has 0 unspecified atom stereocenters. The van der Waals surface area contributed by atoms with Crippen LogP contribution in [0.2, 0.25) is 0 Å². The second kappa shape index (κ2) is 11.5. The Kier molecular flexibility index (Phi) is 9.76. The van der Waals surface area contributed by atoms with Crippen molar-refractivity contribution in [1.82, 2.24) is 5.32 Å². The van der Waals surface area contributed by atoms with E-state index >= 15 is 0 Å². The second-order valence-corrected chi connectivity index (χ2v) is 6.20. The fourth-order valence-electron chi connectivity index (χ4n) is 2.45. The summed E-state index contributed by atoms with van der Waals surface area (Å²) < 4.78 is 41.1. The molecule has 26 heavy (non-hydrogen) atoms. The Morgan fingerprint density at radius 2 is 1.73 bits per heavy atom. The molecular formula is C19H26F3NO3. The molecule has 0 saturated carbocycles. The van der Waals surface area contributed by atoms with Crippen molar-refractivity contribution >= 4 is 11.9 Å². The quantitative estimate of drug-likeness (QED) is 0.468. The molecule has 4 nitrogen and oxygen atoms in total. The third-order valence-electron chi connectivity index (χ3n) is 3.79. The minimum Gasteiger partial charge on any atom is -0.454 e. The summed E-state index contributed by atoms with van der Waals surface area (Å²) in [6.07, 6.45) is 0.533. The summed E-state index contributed by atoms with van der Waals surface area (Å²) in [5.74, 6) is -1.43. The highest BCUT2D eigenvalue weighted by Gasteiger charge is 2.32. The Balaban J connectivity index is 2.59. The normalized spacial score (nSPS) is 12.5. The number of carbonyl (C=O) groups excluding carboxylic acids is 2. The fourth-order valence-corrected chi connectivity index (χ4v) is 2.45. The Bertz CT molecular complexity index is 547. The number of nitrogens with one attached hydrogen (secondary N) is 1. The molecule has 0 fully saturated rings. The predicted octanol–water partition coefficient (Wildman–Crippen LogP) is 4.18. The molecule has 0 heterocycles. The first kappa shape index (κ1) is 22.0. The van der Waals surface area contributed by atoms with E-state index in [0.717, 1.165) is 31.2 Å². The maximum absolute atomic E-state index is 12.3. The van der Waals surface area contributed by atoms with Crippen LogP contribution in [0.1, 0.15) is 51.0 Å². The van der Waals surface area contributed by atoms with Crippen molar-refractivity contribution in [1.29, 1.82) is 0 Å². The van der Waals surface area contributed by atoms with Gasteiger partial charge in [0.25, 0.3) is 0 Å². The molecule has 0 aliphatic rings. The lowest BCUT2D eigenvalue weighted by Crippen LogP contribution is -2.44. The Hall–Kier alpha value is -2.05. The highest BCUT2D eigenvalue weighted by atomic mass is 19.4. The van der Waals surface area contributed by atoms with Crippen LogP contribution in [-0.4, -0.2) is 30.7 Å². The lowest BCUT2D eigenvalue weighted by Gasteiger charge is -2.18. The van der Waals surface area contributed by atoms with Crippen LogP contribution < -0.4 is 5.32 Å². The lowest BCUT2D eigenvalue weighted by molar-refractivity contribution is -0.187. The molecule has 0 aliphatic heterocycles. The number of unbranched alkanes of at least 4 members (excludes halogenated alkanes) is 4. The van der Waals surface area contributed by atoms with Gasteiger partial charge in [-0.15, -0.1) is 0 Å². The molecule has 0 saturated heterocycles. The number of benzene rings is 1. The summed E-state index contributed by atoms with van der Waals surface area (Å²) >= 11 is 0. The van der Waals surface area contributed by atoms with Crippen molar-refractivity contribution < 1.29 is 27.5 Å². The third kappa shape index (κ3) is 10.1. The molecule has 7 heteroatoms. The van der Waals surface area contributed by atoms with Gasteiger partial charge in [0.05, 0.1) is 0 Å². The zero-order valence-corrected chi connectivity index (χ0v) is 15.0. The summed E-state index contributed by atoms with van der Waals surface area (Å²) in [7, 11) is 0. The molecule has 0 bridgehead atoms. The van der Waals surface area contributed by atoms with E-state index in [1.165, 1.54) is 0 Å². The first-order valence-electron chi connectivity index (χ1n) is 8.88. The van der Waals surface area contributed by atoms with E-state index in [1.807, 2.05) is 0 Å². The maximum atomic E-state index is 12.3. The average molecular weight is 373 g/mol. The molecular weight excluding hydrogens is 347 g/mol. The van der Waals surface area contributed by atoms with Crippen molar-refractivity contribution in [2.75, 3.05) is 6.61 Å². The van der Waals surface area contributed by atoms with Gasteiger partial charge >= 0.3 is 12.1 Å². The van der Waals surface area contributed by atoms with Gasteiger partial charge < -0.3 is 10.1 Å². The lowest BCUT2D eigenvalue weighted by atomic mass is 10.1. The van der Waals surface area contributed by atoms with Gasteiger partial charge in [-0.3, -0.25) is 4.79 Å². The van der Waals surface area contributed by atoms with Crippen LogP contribution >= 0.6 is 0 Å². The number of alkyl halides is 3. The average Bonchev–Trinajstić information content (AvgIpc) is 2.59. The Labute approximate surface area is 152 Å². The minimum atomic E-state index is -4.60. The first-order valence-corrected chi connectivity index (χ1v) is 8.88. The Morgan fingerprint density at radius 1 is 1.08 bits per heavy atom. The van der Waals surface area contributed by atoms with Crippen molar-refractivity contribution in [3.05, 3.63) is 35.9 Å². The topological polar surface area (TPSA) is 55.4 Å². The highest BCUT2D eigenvalue weighted by molar-refractivity contribution is 5.84. The Morgan fingerprint density at radius 3 is 2.35 bits per heavy atom. The molecule has 0 radical (unpaired) electrons. The van der Waals surface area contributed by atoms with Crippen LogP contribution in [0.3, 0.4) is 0 Å². The van der Waals surface area contributed by atoms with Gasteiger partial charge in [-0.05, 0) is 12.0 Å². The summed E-state index contributed by atoms with van der Waals surface area (Å²) in [4.78, 5) is 24.0. The molecule has 0 aromatic heterocycles. The highest BCUT2D eigenvalue weighted by Crippen LogP contribution is 2.15. The molecule has 0 aliphatic carbocycles. The van der Waals surface area contributed by atoms with Crippen LogP contribution in [0.4, 0.5) is 13.2 Å². The van der Waals surface area contributed by atoms with Crippen molar-refractivity contribution in [2.45, 2.75) is 64.1 Å². The predicted molar refractivity (Wildman–Crippen MR) is 92.5 cm³/mol. The van der Waals surface area contributed by atoms with E-state index in [1.54, 1.807) is 30.3 Å². The molecule has 1 aromatic rings. The monoisotopic (exact) mass is 373 g/mol. The van der Waals surface area contributed by atoms with Gasteiger partial charge in [0.2, 0.25) is 5.91 Å². The maximum Gasteiger partial charge on any atom is 0.422 e. The van der Waals surface area contributed by atoms with E-state index in [0.29, 0.717) is 6.42 Å². The number of ether oxygens (including phenoxy) is 1. The number of carbonyl (C=O) groups is 2. The molecule has 1 rings (SSSR count). The van der Waals surface area contributed by atoms with Gasteiger partial charge in [-0.25, -0.2) is 4.79 Å². The summed E-state index contributed by atoms with van der Waals surface area (Å²) in [5, 5.41) is 2.51. The summed E-state index contributed by atoms with van der Waals surface area (Å²) in [5.41, 5.74) is 0.727. The first-order chi connectivity index (χ1) is 12.3. The van der Waals surface area contributed by atoms with Crippen LogP contribution in [-0.2, 0) is 20.7 Å². The number of rotatable bonds is 11. The van der Waals surface area contributed by atoms with Gasteiger partial charge in [0, 0.05) is 12.8 Å². The van der Waals surface area contributed by atoms with Crippen LogP contribution in [0.25, 0.3) is 0 Å². The zero-order chi connectivity index (χ0) is 19.4. The van der Waals surface area contributed by atoms with Crippen molar-refractivity contribution in [3.63, 3.8) is 0 Å². The van der Waals surface area contributed by atoms with E-state index in [9.17, 15) is 22.8 Å². The summed E-state index contributed by atoms with van der Waals surface area (Å²) in [6, 6.07) is 7.63. The number of hydrogen-bond donors (Lipinski definition) is 1. The van der Waals surface area contributed by atoms with E-state index in [-0.39, 0.29) is 18.7 Å². The second-order valence-electron chi connectivity index (χ2n) is 6.20. The molecule has 1 aromatic carbocycles. The smallest absolute Gasteiger partial charge is 0.422 e. The van der Waals surface area contributed by atoms with E-state index in [2.05, 4.69) is 17.0 Å². The fraction of sp³-hybridized carbons (Fsp3) is 0.579. The van der Waals surface area contributed by atoms with Crippen LogP contribution in [0, 0.1) is 0 Å². The van der Waals surface area contributed by atoms with Gasteiger partial charge in [-0.2, -0.15) is 13.2 Å². The molecule has 1 atom stereocenters. The largest absolute Gasteiger partial charge is 0.454 e. The van der Waals surface area contributed by atoms with Gasteiger partial charge in [0.15, 0.2) is 6.61 Å². The van der Waals surface area contributed by atoms with Gasteiger partial charge in [-0.1, -0.05) is 62.9 Å². The van der Waals surface area contributed by atoms with Crippen LogP contribution in [0.15, 0.2) is 30.3 Å². The molecule has 146 valence electrons. The van der Waals surface area contributed by atoms with E-state index in [4.69, 9.17) is 0 Å². The number of hydrogen-bond acceptors (Lipinski definition) is 3. The summed E-state index contributed by atoms with van der Waals surface area (Å²) in [6.45, 7) is 0.428. The number of halogens is 3. The van der Waals surface area contributed by atoms with Crippen molar-refractivity contribution in [2.24, 2.45) is 0 Å². The van der Waals surface area contributed by atoms with Crippen LogP contribution in [0.5, 0.6) is 0 Å². The molecule has 1 N–H and O–H groups in total. The van der Waals surface area contributed by atoms with Crippen molar-refractivity contribution in [3.8, 4) is 0 Å². The number of amides is 1.